The number of aliphatic hydroxyl groups is 9. The molecule has 61 heavy (non-hydrogen) atoms. The second-order valence-electron chi connectivity index (χ2n) is 14.8. The topological polar surface area (TPSA) is 319 Å². The lowest BCUT2D eigenvalue weighted by molar-refractivity contribution is -0.376. The fourth-order valence-electron chi connectivity index (χ4n) is 6.96. The molecule has 0 radical (unpaired) electrons. The highest BCUT2D eigenvalue weighted by atomic mass is 16.8. The summed E-state index contributed by atoms with van der Waals surface area (Å²) in [5, 5.41) is 96.6. The van der Waals surface area contributed by atoms with Gasteiger partial charge in [0, 0.05) is 20.0 Å². The Bertz CT molecular complexity index is 1690. The van der Waals surface area contributed by atoms with Crippen LogP contribution in [0.15, 0.2) is 54.6 Å². The van der Waals surface area contributed by atoms with Crippen molar-refractivity contribution in [2.75, 3.05) is 33.0 Å². The van der Waals surface area contributed by atoms with Crippen LogP contribution in [0.1, 0.15) is 42.1 Å². The summed E-state index contributed by atoms with van der Waals surface area (Å²) in [5.41, 5.74) is 1.09. The molecule has 5 rings (SSSR count). The van der Waals surface area contributed by atoms with Crippen LogP contribution in [-0.4, -0.2) is 189 Å². The third kappa shape index (κ3) is 12.7. The molecule has 2 aromatic rings. The number of nitrogens with one attached hydrogen (secondary N) is 1. The summed E-state index contributed by atoms with van der Waals surface area (Å²) in [7, 11) is 0. The normalized spacial score (nSPS) is 34.0. The van der Waals surface area contributed by atoms with E-state index in [2.05, 4.69) is 5.32 Å². The average molecular weight is 870 g/mol. The summed E-state index contributed by atoms with van der Waals surface area (Å²) in [6, 6.07) is 14.1. The number of hydrogen-bond acceptors (Lipinski definition) is 20. The molecule has 0 spiro atoms. The van der Waals surface area contributed by atoms with Gasteiger partial charge in [-0.05, 0) is 36.6 Å². The summed E-state index contributed by atoms with van der Waals surface area (Å²) < 4.78 is 45.0. The van der Waals surface area contributed by atoms with Crippen molar-refractivity contribution in [3.8, 4) is 5.75 Å². The molecule has 0 aliphatic carbocycles. The lowest BCUT2D eigenvalue weighted by Gasteiger charge is -2.48. The lowest BCUT2D eigenvalue weighted by Crippen LogP contribution is -2.68. The molecular weight excluding hydrogens is 814 g/mol. The van der Waals surface area contributed by atoms with Gasteiger partial charge in [-0.15, -0.1) is 0 Å². The Balaban J connectivity index is 1.12. The number of esters is 1. The number of ether oxygens (including phenoxy) is 8. The van der Waals surface area contributed by atoms with E-state index in [1.807, 2.05) is 30.3 Å². The van der Waals surface area contributed by atoms with Gasteiger partial charge in [-0.3, -0.25) is 9.59 Å². The van der Waals surface area contributed by atoms with E-state index >= 15 is 0 Å². The van der Waals surface area contributed by atoms with Crippen LogP contribution in [0.5, 0.6) is 5.75 Å². The fourth-order valence-corrected chi connectivity index (χ4v) is 6.96. The maximum atomic E-state index is 12.6. The number of rotatable bonds is 20. The Kier molecular flexibility index (Phi) is 18.3. The maximum Gasteiger partial charge on any atom is 0.338 e. The smallest absolute Gasteiger partial charge is 0.338 e. The SMILES string of the molecule is CC(=O)NC1[C@H](OCCCCC(=O)COc2cccc(C(=O)OCc3ccccc3)c2)OC(CO)[C@@H](O[C@@H]2OC(CO)[C@H](O)[C@H](O[C@H]3OC(CO)[C@H](O)[C@H](O)C3O)C2O)[C@@H]1O. The molecule has 10 N–H and O–H groups in total. The van der Waals surface area contributed by atoms with Crippen molar-refractivity contribution < 1.29 is 98.2 Å². The number of Topliss-reactive ketones (excluding diaryl/α,β-unsaturated/α-hetero) is 1. The largest absolute Gasteiger partial charge is 0.486 e. The Morgan fingerprint density at radius 2 is 1.31 bits per heavy atom. The van der Waals surface area contributed by atoms with Crippen LogP contribution in [0.2, 0.25) is 0 Å². The molecule has 3 aliphatic rings. The predicted octanol–water partition coefficient (Wildman–Crippen LogP) is -3.23. The first kappa shape index (κ1) is 48.3. The summed E-state index contributed by atoms with van der Waals surface area (Å²) in [6.45, 7) is -1.42. The van der Waals surface area contributed by atoms with E-state index < -0.39 is 124 Å². The third-order valence-electron chi connectivity index (χ3n) is 10.3. The quantitative estimate of drug-likeness (QED) is 0.0462. The van der Waals surface area contributed by atoms with Crippen molar-refractivity contribution in [3.05, 3.63) is 65.7 Å². The zero-order chi connectivity index (χ0) is 44.2. The number of hydrogen-bond donors (Lipinski definition) is 10. The number of ketones is 1. The number of amides is 1. The van der Waals surface area contributed by atoms with Crippen LogP contribution in [0.3, 0.4) is 0 Å². The first-order chi connectivity index (χ1) is 29.3. The Hall–Kier alpha value is -3.75. The van der Waals surface area contributed by atoms with Gasteiger partial charge in [-0.25, -0.2) is 4.79 Å². The van der Waals surface area contributed by atoms with Crippen molar-refractivity contribution >= 4 is 17.7 Å². The molecule has 15 atom stereocenters. The zero-order valence-corrected chi connectivity index (χ0v) is 33.2. The van der Waals surface area contributed by atoms with Gasteiger partial charge in [0.1, 0.15) is 92.1 Å². The molecule has 340 valence electrons. The van der Waals surface area contributed by atoms with Crippen LogP contribution in [0.25, 0.3) is 0 Å². The van der Waals surface area contributed by atoms with E-state index in [0.29, 0.717) is 18.6 Å². The number of benzene rings is 2. The van der Waals surface area contributed by atoms with E-state index in [0.717, 1.165) is 5.56 Å². The summed E-state index contributed by atoms with van der Waals surface area (Å²) >= 11 is 0. The molecular formula is C40H55NO20. The number of carbonyl (C=O) groups is 3. The lowest BCUT2D eigenvalue weighted by atomic mass is 9.95. The molecule has 1 amide bonds. The van der Waals surface area contributed by atoms with E-state index in [1.165, 1.54) is 13.0 Å². The monoisotopic (exact) mass is 869 g/mol. The fraction of sp³-hybridized carbons (Fsp3) is 0.625. The van der Waals surface area contributed by atoms with Gasteiger partial charge in [0.2, 0.25) is 5.91 Å². The zero-order valence-electron chi connectivity index (χ0n) is 33.2. The third-order valence-corrected chi connectivity index (χ3v) is 10.3. The molecule has 0 aromatic heterocycles. The number of carbonyl (C=O) groups excluding carboxylic acids is 3. The van der Waals surface area contributed by atoms with Crippen molar-refractivity contribution in [2.24, 2.45) is 0 Å². The number of unbranched alkanes of at least 4 members (excludes halogenated alkanes) is 1. The average Bonchev–Trinajstić information content (AvgIpc) is 3.26. The molecule has 3 heterocycles. The van der Waals surface area contributed by atoms with Crippen LogP contribution < -0.4 is 10.1 Å². The predicted molar refractivity (Wildman–Crippen MR) is 203 cm³/mol. The van der Waals surface area contributed by atoms with Crippen molar-refractivity contribution in [1.29, 1.82) is 0 Å². The van der Waals surface area contributed by atoms with E-state index in [1.54, 1.807) is 18.2 Å². The molecule has 21 nitrogen and oxygen atoms in total. The minimum atomic E-state index is -1.96. The highest BCUT2D eigenvalue weighted by Crippen LogP contribution is 2.33. The van der Waals surface area contributed by atoms with Crippen molar-refractivity contribution in [3.63, 3.8) is 0 Å². The van der Waals surface area contributed by atoms with E-state index in [4.69, 9.17) is 37.9 Å². The highest BCUT2D eigenvalue weighted by Gasteiger charge is 2.54. The van der Waals surface area contributed by atoms with Gasteiger partial charge in [0.05, 0.1) is 25.4 Å². The second kappa shape index (κ2) is 23.1. The Labute approximate surface area is 350 Å². The summed E-state index contributed by atoms with van der Waals surface area (Å²) in [6.07, 6.45) is -22.7. The molecule has 0 saturated carbocycles. The second-order valence-corrected chi connectivity index (χ2v) is 14.8. The van der Waals surface area contributed by atoms with Crippen molar-refractivity contribution in [1.82, 2.24) is 5.32 Å². The van der Waals surface area contributed by atoms with Crippen LogP contribution in [-0.2, 0) is 49.4 Å². The molecule has 6 unspecified atom stereocenters. The standard InChI is InChI=1S/C40H55NO20/c1-20(45)41-28-31(49)35(60-40-34(52)36(30(48)26(16-43)58-40)61-39-33(51)32(50)29(47)25(15-42)57-39)27(17-44)59-38(28)54-13-6-5-11-23(46)19-55-24-12-7-10-22(14-24)37(53)56-18-21-8-3-2-4-9-21/h2-4,7-10,12,14,25-36,38-40,42-44,47-52H,5-6,11,13,15-19H2,1H3,(H,41,45)/t25?,26?,27?,28?,29-,30-,31+,32-,33?,34?,35+,36-,38+,39+,40-/m0/s1. The molecule has 3 saturated heterocycles. The minimum absolute atomic E-state index is 0.0179. The Morgan fingerprint density at radius 3 is 1.98 bits per heavy atom. The van der Waals surface area contributed by atoms with Gasteiger partial charge in [-0.1, -0.05) is 36.4 Å². The summed E-state index contributed by atoms with van der Waals surface area (Å²) in [4.78, 5) is 37.3. The van der Waals surface area contributed by atoms with Gasteiger partial charge < -0.3 is 89.2 Å². The summed E-state index contributed by atoms with van der Waals surface area (Å²) in [5.74, 6) is -1.08. The van der Waals surface area contributed by atoms with Crippen LogP contribution in [0.4, 0.5) is 0 Å². The van der Waals surface area contributed by atoms with Gasteiger partial charge in [0.15, 0.2) is 24.7 Å². The van der Waals surface area contributed by atoms with Crippen LogP contribution in [0, 0.1) is 0 Å². The highest BCUT2D eigenvalue weighted by molar-refractivity contribution is 5.89. The molecule has 0 bridgehead atoms. The van der Waals surface area contributed by atoms with Gasteiger partial charge >= 0.3 is 5.97 Å². The van der Waals surface area contributed by atoms with Crippen LogP contribution >= 0.6 is 0 Å². The van der Waals surface area contributed by atoms with E-state index in [9.17, 15) is 60.3 Å². The van der Waals surface area contributed by atoms with Crippen molar-refractivity contribution in [2.45, 2.75) is 125 Å². The molecule has 3 fully saturated rings. The Morgan fingerprint density at radius 1 is 0.672 bits per heavy atom. The molecule has 2 aromatic carbocycles. The molecule has 21 heteroatoms. The maximum absolute atomic E-state index is 12.6. The van der Waals surface area contributed by atoms with Gasteiger partial charge in [0.25, 0.3) is 0 Å². The first-order valence-corrected chi connectivity index (χ1v) is 19.8. The minimum Gasteiger partial charge on any atom is -0.486 e. The first-order valence-electron chi connectivity index (χ1n) is 19.8. The molecule has 3 aliphatic heterocycles. The van der Waals surface area contributed by atoms with E-state index in [-0.39, 0.29) is 37.6 Å². The van der Waals surface area contributed by atoms with Gasteiger partial charge in [-0.2, -0.15) is 0 Å². The number of aliphatic hydroxyl groups excluding tert-OH is 9.